The first-order valence-electron chi connectivity index (χ1n) is 23.1. The van der Waals surface area contributed by atoms with Gasteiger partial charge in [-0.05, 0) is 83.5 Å². The van der Waals surface area contributed by atoms with Gasteiger partial charge in [-0.1, -0.05) is 145 Å². The first kappa shape index (κ1) is 55.7. The van der Waals surface area contributed by atoms with Crippen molar-refractivity contribution >= 4 is 17.9 Å². The number of rotatable bonds is 41. The predicted molar refractivity (Wildman–Crippen MR) is 244 cm³/mol. The summed E-state index contributed by atoms with van der Waals surface area (Å²) in [4.78, 5) is 37.1. The molecule has 0 radical (unpaired) electrons. The van der Waals surface area contributed by atoms with E-state index in [9.17, 15) is 19.5 Å². The van der Waals surface area contributed by atoms with Gasteiger partial charge in [-0.3, -0.25) is 9.59 Å². The molecule has 0 amide bonds. The number of likely N-dealkylation sites (N-methyl/N-ethyl adjacent to an activating group) is 1. The van der Waals surface area contributed by atoms with Crippen LogP contribution in [-0.2, 0) is 33.3 Å². The van der Waals surface area contributed by atoms with Gasteiger partial charge in [-0.25, -0.2) is 4.79 Å². The smallest absolute Gasteiger partial charge is 0.361 e. The maximum atomic E-state index is 12.8. The molecule has 0 aromatic heterocycles. The van der Waals surface area contributed by atoms with Crippen molar-refractivity contribution in [1.82, 2.24) is 0 Å². The summed E-state index contributed by atoms with van der Waals surface area (Å²) in [5.41, 5.74) is 0. The van der Waals surface area contributed by atoms with E-state index in [4.69, 9.17) is 18.9 Å². The van der Waals surface area contributed by atoms with Gasteiger partial charge in [0.05, 0.1) is 34.4 Å². The van der Waals surface area contributed by atoms with Gasteiger partial charge in [0.25, 0.3) is 6.29 Å². The van der Waals surface area contributed by atoms with Crippen LogP contribution in [0.5, 0.6) is 0 Å². The molecule has 0 spiro atoms. The lowest BCUT2D eigenvalue weighted by molar-refractivity contribution is -0.870. The zero-order valence-corrected chi connectivity index (χ0v) is 38.1. The van der Waals surface area contributed by atoms with Gasteiger partial charge >= 0.3 is 17.9 Å². The minimum atomic E-state index is -1.52. The highest BCUT2D eigenvalue weighted by atomic mass is 16.7. The standard InChI is InChI=1S/C50H85NO8/c1-6-8-10-12-14-16-18-20-22-23-24-25-27-29-31-33-35-37-39-41-48(53)59-46(45-58-50(49(54)55)56-43-42-51(3,4)5)44-57-47(52)40-38-36-34-32-30-28-26-21-19-17-15-13-11-9-7-2/h8,10,14-17,20-22,24-26,46,50H,6-7,9,11-13,18-19,23,27-45H2,1-5H3/p+1/b10-8-,16-14-,17-15-,22-20-,25-24-,26-21-. The molecule has 0 heterocycles. The second-order valence-electron chi connectivity index (χ2n) is 16.3. The predicted octanol–water partition coefficient (Wildman–Crippen LogP) is 12.3. The number of carbonyl (C=O) groups is 3. The molecule has 2 atom stereocenters. The van der Waals surface area contributed by atoms with Crippen molar-refractivity contribution in [1.29, 1.82) is 0 Å². The number of nitrogens with zero attached hydrogens (tertiary/aromatic N) is 1. The molecule has 0 bridgehead atoms. The highest BCUT2D eigenvalue weighted by Crippen LogP contribution is 2.13. The van der Waals surface area contributed by atoms with Crippen molar-refractivity contribution < 1.29 is 42.9 Å². The quantitative estimate of drug-likeness (QED) is 0.0213. The van der Waals surface area contributed by atoms with Crippen LogP contribution in [0.3, 0.4) is 0 Å². The van der Waals surface area contributed by atoms with Gasteiger partial charge in [0.1, 0.15) is 13.2 Å². The fourth-order valence-electron chi connectivity index (χ4n) is 5.86. The summed E-state index contributed by atoms with van der Waals surface area (Å²) in [5, 5.41) is 9.64. The van der Waals surface area contributed by atoms with Gasteiger partial charge in [-0.2, -0.15) is 0 Å². The summed E-state index contributed by atoms with van der Waals surface area (Å²) in [5.74, 6) is -2.05. The van der Waals surface area contributed by atoms with Crippen LogP contribution in [0.15, 0.2) is 72.9 Å². The number of hydrogen-bond acceptors (Lipinski definition) is 7. The number of esters is 2. The van der Waals surface area contributed by atoms with E-state index in [1.54, 1.807) is 0 Å². The molecule has 0 fully saturated rings. The van der Waals surface area contributed by atoms with Crippen LogP contribution in [0, 0.1) is 0 Å². The summed E-state index contributed by atoms with van der Waals surface area (Å²) in [6, 6.07) is 0. The number of hydrogen-bond donors (Lipinski definition) is 1. The van der Waals surface area contributed by atoms with E-state index < -0.39 is 24.3 Å². The SMILES string of the molecule is CC/C=C\C/C=C\C/C=C\C/C=C\CCCCCCCCC(=O)OC(COC(=O)CCCCCCC/C=C\C/C=C\CCCCC)COC(OCC[N+](C)(C)C)C(=O)O. The molecular weight excluding hydrogens is 743 g/mol. The topological polar surface area (TPSA) is 108 Å². The molecule has 0 saturated heterocycles. The number of ether oxygens (including phenoxy) is 4. The lowest BCUT2D eigenvalue weighted by Crippen LogP contribution is -2.40. The van der Waals surface area contributed by atoms with Crippen LogP contribution in [0.25, 0.3) is 0 Å². The van der Waals surface area contributed by atoms with Gasteiger partial charge < -0.3 is 28.5 Å². The monoisotopic (exact) mass is 829 g/mol. The molecule has 2 unspecified atom stereocenters. The fourth-order valence-corrected chi connectivity index (χ4v) is 5.86. The van der Waals surface area contributed by atoms with Crippen LogP contribution in [0.1, 0.15) is 168 Å². The molecule has 0 aromatic rings. The number of quaternary nitrogens is 1. The molecule has 0 saturated carbocycles. The van der Waals surface area contributed by atoms with Crippen LogP contribution in [-0.4, -0.2) is 87.4 Å². The second-order valence-corrected chi connectivity index (χ2v) is 16.3. The first-order valence-corrected chi connectivity index (χ1v) is 23.1. The van der Waals surface area contributed by atoms with Crippen molar-refractivity contribution in [3.05, 3.63) is 72.9 Å². The Morgan fingerprint density at radius 3 is 1.44 bits per heavy atom. The molecule has 0 aliphatic heterocycles. The number of carboxylic acids is 1. The fraction of sp³-hybridized carbons (Fsp3) is 0.700. The van der Waals surface area contributed by atoms with E-state index >= 15 is 0 Å². The normalized spacial score (nSPS) is 13.6. The lowest BCUT2D eigenvalue weighted by Gasteiger charge is -2.25. The Balaban J connectivity index is 4.48. The summed E-state index contributed by atoms with van der Waals surface area (Å²) in [6.45, 7) is 4.68. The number of allylic oxidation sites excluding steroid dienone is 12. The van der Waals surface area contributed by atoms with Gasteiger partial charge in [0.15, 0.2) is 6.10 Å². The van der Waals surface area contributed by atoms with Gasteiger partial charge in [-0.15, -0.1) is 0 Å². The van der Waals surface area contributed by atoms with Crippen LogP contribution in [0.4, 0.5) is 0 Å². The third-order valence-electron chi connectivity index (χ3n) is 9.45. The van der Waals surface area contributed by atoms with Crippen molar-refractivity contribution in [2.45, 2.75) is 180 Å². The third-order valence-corrected chi connectivity index (χ3v) is 9.45. The molecule has 0 aromatic carbocycles. The average molecular weight is 829 g/mol. The largest absolute Gasteiger partial charge is 0.477 e. The highest BCUT2D eigenvalue weighted by Gasteiger charge is 2.25. The van der Waals surface area contributed by atoms with E-state index in [1.165, 1.54) is 25.7 Å². The first-order chi connectivity index (χ1) is 28.6. The number of aliphatic carboxylic acids is 1. The Hall–Kier alpha value is -3.27. The maximum Gasteiger partial charge on any atom is 0.361 e. The van der Waals surface area contributed by atoms with Crippen molar-refractivity contribution in [3.63, 3.8) is 0 Å². The Labute approximate surface area is 360 Å². The highest BCUT2D eigenvalue weighted by molar-refractivity contribution is 5.71. The van der Waals surface area contributed by atoms with E-state index in [2.05, 4.69) is 86.8 Å². The summed E-state index contributed by atoms with van der Waals surface area (Å²) < 4.78 is 22.7. The Bertz CT molecular complexity index is 1200. The van der Waals surface area contributed by atoms with E-state index in [0.717, 1.165) is 109 Å². The molecule has 1 N–H and O–H groups in total. The molecule has 0 aliphatic rings. The van der Waals surface area contributed by atoms with Gasteiger partial charge in [0.2, 0.25) is 0 Å². The van der Waals surface area contributed by atoms with E-state index in [1.807, 2.05) is 21.1 Å². The van der Waals surface area contributed by atoms with E-state index in [-0.39, 0.29) is 38.6 Å². The molecule has 59 heavy (non-hydrogen) atoms. The zero-order valence-electron chi connectivity index (χ0n) is 38.1. The Kier molecular flexibility index (Phi) is 39.2. The summed E-state index contributed by atoms with van der Waals surface area (Å²) in [7, 11) is 5.94. The third kappa shape index (κ3) is 42.7. The van der Waals surface area contributed by atoms with Crippen LogP contribution < -0.4 is 0 Å². The van der Waals surface area contributed by atoms with Crippen molar-refractivity contribution in [3.8, 4) is 0 Å². The minimum absolute atomic E-state index is 0.178. The average Bonchev–Trinajstić information content (AvgIpc) is 3.19. The Morgan fingerprint density at radius 2 is 0.966 bits per heavy atom. The molecule has 0 aliphatic carbocycles. The number of unbranched alkanes of at least 4 members (excludes halogenated alkanes) is 14. The zero-order chi connectivity index (χ0) is 43.5. The number of carbonyl (C=O) groups excluding carboxylic acids is 2. The van der Waals surface area contributed by atoms with Crippen LogP contribution >= 0.6 is 0 Å². The minimum Gasteiger partial charge on any atom is -0.477 e. The molecule has 9 nitrogen and oxygen atoms in total. The molecular formula is C50H86NO8+. The Morgan fingerprint density at radius 1 is 0.525 bits per heavy atom. The van der Waals surface area contributed by atoms with Crippen molar-refractivity contribution in [2.75, 3.05) is 47.5 Å². The number of carboxylic acid groups (broad SMARTS) is 1. The lowest BCUT2D eigenvalue weighted by atomic mass is 10.1. The summed E-state index contributed by atoms with van der Waals surface area (Å²) >= 11 is 0. The second kappa shape index (κ2) is 41.5. The van der Waals surface area contributed by atoms with Crippen LogP contribution in [0.2, 0.25) is 0 Å². The molecule has 0 rings (SSSR count). The van der Waals surface area contributed by atoms with Crippen molar-refractivity contribution in [2.24, 2.45) is 0 Å². The molecule has 338 valence electrons. The maximum absolute atomic E-state index is 12.8. The summed E-state index contributed by atoms with van der Waals surface area (Å²) in [6.07, 6.45) is 48.1. The van der Waals surface area contributed by atoms with Gasteiger partial charge in [0, 0.05) is 12.8 Å². The molecule has 9 heteroatoms. The van der Waals surface area contributed by atoms with E-state index in [0.29, 0.717) is 17.4 Å².